The maximum absolute atomic E-state index is 13.7. The zero-order valence-corrected chi connectivity index (χ0v) is 17.5. The predicted molar refractivity (Wildman–Crippen MR) is 109 cm³/mol. The first kappa shape index (κ1) is 22.3. The molecular weight excluding hydrogens is 460 g/mol. The second kappa shape index (κ2) is 7.75. The molecule has 11 heteroatoms. The number of aromatic nitrogens is 3. The van der Waals surface area contributed by atoms with Crippen LogP contribution in [0.3, 0.4) is 0 Å². The molecule has 0 radical (unpaired) electrons. The third-order valence-corrected chi connectivity index (χ3v) is 6.50. The highest BCUT2D eigenvalue weighted by molar-refractivity contribution is 5.63. The molecule has 1 saturated heterocycles. The average Bonchev–Trinajstić information content (AvgIpc) is 3.53. The van der Waals surface area contributed by atoms with Crippen LogP contribution in [0.15, 0.2) is 42.6 Å². The number of hydrogen-bond donors (Lipinski definition) is 1. The Hall–Kier alpha value is -3.55. The van der Waals surface area contributed by atoms with Gasteiger partial charge in [0.1, 0.15) is 29.0 Å². The molecule has 2 fully saturated rings. The highest BCUT2D eigenvalue weighted by Gasteiger charge is 2.51. The summed E-state index contributed by atoms with van der Waals surface area (Å²) in [6.45, 7) is 0. The molecule has 0 spiro atoms. The average molecular weight is 477 g/mol. The molecule has 1 aliphatic carbocycles. The lowest BCUT2D eigenvalue weighted by Gasteiger charge is -2.36. The van der Waals surface area contributed by atoms with Crippen molar-refractivity contribution in [2.24, 2.45) is 5.92 Å². The van der Waals surface area contributed by atoms with Crippen LogP contribution in [0, 0.1) is 17.2 Å². The minimum Gasteiger partial charge on any atom is -0.342 e. The number of H-pyrrole nitrogens is 1. The van der Waals surface area contributed by atoms with E-state index >= 15 is 0 Å². The van der Waals surface area contributed by atoms with Crippen molar-refractivity contribution < 1.29 is 26.3 Å². The van der Waals surface area contributed by atoms with E-state index in [-0.39, 0.29) is 18.0 Å². The van der Waals surface area contributed by atoms with Gasteiger partial charge in [-0.1, -0.05) is 30.3 Å². The third-order valence-electron chi connectivity index (χ3n) is 6.50. The van der Waals surface area contributed by atoms with Crippen molar-refractivity contribution in [2.75, 3.05) is 4.90 Å². The minimum atomic E-state index is -5.15. The Labute approximate surface area is 190 Å². The second-order valence-corrected chi connectivity index (χ2v) is 8.49. The summed E-state index contributed by atoms with van der Waals surface area (Å²) in [5.41, 5.74) is -2.72. The lowest BCUT2D eigenvalue weighted by atomic mass is 9.97. The molecule has 2 bridgehead atoms. The van der Waals surface area contributed by atoms with E-state index in [0.29, 0.717) is 24.4 Å². The smallest absolute Gasteiger partial charge is 0.342 e. The van der Waals surface area contributed by atoms with Gasteiger partial charge in [0.2, 0.25) is 0 Å². The van der Waals surface area contributed by atoms with Crippen LogP contribution in [0.4, 0.5) is 32.2 Å². The van der Waals surface area contributed by atoms with E-state index in [1.807, 2.05) is 30.3 Å². The standard InChI is InChI=1S/C23H17F6N5/c24-22(25,26)16-9-18(23(27,28)29)33-21(15(16)10-30)34-14-7-6-13(8-14)19(34)20-31-11-17(32-20)12-4-2-1-3-5-12/h1-5,9,11,13-14,19H,6-8H2,(H,31,32)/t13-,14+,19-/m0/s1. The van der Waals surface area contributed by atoms with E-state index in [1.54, 1.807) is 6.20 Å². The number of rotatable bonds is 3. The van der Waals surface area contributed by atoms with Gasteiger partial charge in [0.05, 0.1) is 23.5 Å². The van der Waals surface area contributed by atoms with Gasteiger partial charge in [-0.3, -0.25) is 0 Å². The van der Waals surface area contributed by atoms with Crippen molar-refractivity contribution in [3.8, 4) is 17.3 Å². The lowest BCUT2D eigenvalue weighted by molar-refractivity contribution is -0.145. The number of anilines is 1. The number of pyridine rings is 1. The van der Waals surface area contributed by atoms with Gasteiger partial charge in [-0.2, -0.15) is 31.6 Å². The maximum Gasteiger partial charge on any atom is 0.433 e. The van der Waals surface area contributed by atoms with E-state index in [2.05, 4.69) is 15.0 Å². The van der Waals surface area contributed by atoms with Crippen LogP contribution < -0.4 is 4.90 Å². The number of fused-ring (bicyclic) bond motifs is 2. The highest BCUT2D eigenvalue weighted by Crippen LogP contribution is 2.53. The number of piperidine rings is 1. The van der Waals surface area contributed by atoms with Gasteiger partial charge in [0, 0.05) is 6.04 Å². The molecule has 1 saturated carbocycles. The molecule has 1 aliphatic heterocycles. The van der Waals surface area contributed by atoms with Gasteiger partial charge in [-0.05, 0) is 36.8 Å². The predicted octanol–water partition coefficient (Wildman–Crippen LogP) is 6.11. The molecule has 2 aromatic heterocycles. The van der Waals surface area contributed by atoms with Crippen molar-refractivity contribution in [1.82, 2.24) is 15.0 Å². The minimum absolute atomic E-state index is 0.0444. The summed E-state index contributed by atoms with van der Waals surface area (Å²) in [5, 5.41) is 9.58. The Morgan fingerprint density at radius 3 is 2.41 bits per heavy atom. The fraction of sp³-hybridized carbons (Fsp3) is 0.348. The SMILES string of the molecule is N#Cc1c(C(F)(F)F)cc(C(F)(F)F)nc1N1[C@@H]2CC[C@@H](C2)[C@H]1c1ncc(-c2ccccc2)[nH]1. The molecule has 2 aliphatic rings. The van der Waals surface area contributed by atoms with Gasteiger partial charge < -0.3 is 9.88 Å². The zero-order valence-electron chi connectivity index (χ0n) is 17.5. The van der Waals surface area contributed by atoms with Crippen LogP contribution in [-0.4, -0.2) is 21.0 Å². The van der Waals surface area contributed by atoms with E-state index in [0.717, 1.165) is 12.0 Å². The number of nitriles is 1. The quantitative estimate of drug-likeness (QED) is 0.462. The molecule has 34 heavy (non-hydrogen) atoms. The summed E-state index contributed by atoms with van der Waals surface area (Å²) in [5.74, 6) is -0.223. The molecule has 1 N–H and O–H groups in total. The maximum atomic E-state index is 13.7. The van der Waals surface area contributed by atoms with Crippen molar-refractivity contribution in [3.63, 3.8) is 0 Å². The largest absolute Gasteiger partial charge is 0.433 e. The molecular formula is C23H17F6N5. The number of halogens is 6. The van der Waals surface area contributed by atoms with Gasteiger partial charge in [-0.25, -0.2) is 9.97 Å². The van der Waals surface area contributed by atoms with Gasteiger partial charge >= 0.3 is 12.4 Å². The Bertz CT molecular complexity index is 1260. The fourth-order valence-electron chi connectivity index (χ4n) is 5.09. The van der Waals surface area contributed by atoms with E-state index in [4.69, 9.17) is 0 Å². The van der Waals surface area contributed by atoms with Crippen molar-refractivity contribution in [3.05, 3.63) is 65.2 Å². The molecule has 3 heterocycles. The summed E-state index contributed by atoms with van der Waals surface area (Å²) < 4.78 is 81.6. The molecule has 5 nitrogen and oxygen atoms in total. The van der Waals surface area contributed by atoms with Gasteiger partial charge in [0.25, 0.3) is 0 Å². The van der Waals surface area contributed by atoms with Crippen LogP contribution in [0.5, 0.6) is 0 Å². The molecule has 1 aromatic carbocycles. The van der Waals surface area contributed by atoms with Crippen LogP contribution in [0.2, 0.25) is 0 Å². The monoisotopic (exact) mass is 477 g/mol. The number of nitrogens with zero attached hydrogens (tertiary/aromatic N) is 4. The first-order valence-corrected chi connectivity index (χ1v) is 10.6. The molecule has 3 atom stereocenters. The van der Waals surface area contributed by atoms with Gasteiger partial charge in [-0.15, -0.1) is 0 Å². The Kier molecular flexibility index (Phi) is 5.07. The first-order chi connectivity index (χ1) is 16.1. The fourth-order valence-corrected chi connectivity index (χ4v) is 5.09. The van der Waals surface area contributed by atoms with Crippen molar-refractivity contribution in [2.45, 2.75) is 43.7 Å². The summed E-state index contributed by atoms with van der Waals surface area (Å²) in [6.07, 6.45) is -6.78. The summed E-state index contributed by atoms with van der Waals surface area (Å²) >= 11 is 0. The number of benzene rings is 1. The van der Waals surface area contributed by atoms with Crippen molar-refractivity contribution >= 4 is 5.82 Å². The number of imidazole rings is 1. The Balaban J connectivity index is 1.65. The zero-order chi connectivity index (χ0) is 24.3. The van der Waals surface area contributed by atoms with Crippen LogP contribution in [0.25, 0.3) is 11.3 Å². The highest BCUT2D eigenvalue weighted by atomic mass is 19.4. The normalized spacial score (nSPS) is 22.3. The van der Waals surface area contributed by atoms with E-state index in [1.165, 1.54) is 11.0 Å². The van der Waals surface area contributed by atoms with Gasteiger partial charge in [0.15, 0.2) is 0 Å². The van der Waals surface area contributed by atoms with E-state index in [9.17, 15) is 31.6 Å². The first-order valence-electron chi connectivity index (χ1n) is 10.6. The second-order valence-electron chi connectivity index (χ2n) is 8.49. The van der Waals surface area contributed by atoms with E-state index < -0.39 is 41.0 Å². The third kappa shape index (κ3) is 3.67. The van der Waals surface area contributed by atoms with Crippen LogP contribution in [-0.2, 0) is 12.4 Å². The molecule has 5 rings (SSSR count). The summed E-state index contributed by atoms with van der Waals surface area (Å²) in [7, 11) is 0. The summed E-state index contributed by atoms with van der Waals surface area (Å²) in [4.78, 5) is 12.6. The van der Waals surface area contributed by atoms with Crippen molar-refractivity contribution in [1.29, 1.82) is 5.26 Å². The van der Waals surface area contributed by atoms with Crippen LogP contribution >= 0.6 is 0 Å². The lowest BCUT2D eigenvalue weighted by Crippen LogP contribution is -2.38. The number of nitrogens with one attached hydrogen (secondary N) is 1. The topological polar surface area (TPSA) is 68.6 Å². The molecule has 176 valence electrons. The molecule has 3 aromatic rings. The van der Waals surface area contributed by atoms with Crippen LogP contribution in [0.1, 0.15) is 47.9 Å². The molecule has 0 unspecified atom stereocenters. The Morgan fingerprint density at radius 1 is 1.03 bits per heavy atom. The molecule has 0 amide bonds. The number of hydrogen-bond acceptors (Lipinski definition) is 4. The number of alkyl halides is 6. The number of aromatic amines is 1. The summed E-state index contributed by atoms with van der Waals surface area (Å²) in [6, 6.07) is 9.64. The Morgan fingerprint density at radius 2 is 1.76 bits per heavy atom.